The molecule has 0 bridgehead atoms. The minimum Gasteiger partial charge on any atom is -0.391 e. The minimum absolute atomic E-state index is 0.113. The van der Waals surface area contributed by atoms with Crippen molar-refractivity contribution in [1.82, 2.24) is 0 Å². The first-order valence-electron chi connectivity index (χ1n) is 5.85. The van der Waals surface area contributed by atoms with Gasteiger partial charge in [-0.1, -0.05) is 12.1 Å². The highest BCUT2D eigenvalue weighted by molar-refractivity contribution is 7.93. The van der Waals surface area contributed by atoms with E-state index in [0.717, 1.165) is 5.56 Å². The van der Waals surface area contributed by atoms with Gasteiger partial charge < -0.3 is 9.84 Å². The third kappa shape index (κ3) is 3.37. The van der Waals surface area contributed by atoms with Crippen LogP contribution in [0, 0.1) is 0 Å². The van der Waals surface area contributed by atoms with Gasteiger partial charge in [0.2, 0.25) is 0 Å². The van der Waals surface area contributed by atoms with Gasteiger partial charge in [0.15, 0.2) is 0 Å². The fourth-order valence-electron chi connectivity index (χ4n) is 1.78. The molecular formula is C13H15NO4S2. The Hall–Kier alpha value is -1.41. The fraction of sp³-hybridized carbons (Fsp3) is 0.231. The number of benzene rings is 1. The Balaban J connectivity index is 2.26. The standard InChI is InChI=1S/C13H15NO4S2/c1-18-9-10-3-2-4-11(7-10)14-20(16,17)13-5-6-19-12(13)8-15/h2-7,14-15H,8-9H2,1H3. The molecule has 0 saturated heterocycles. The van der Waals surface area contributed by atoms with Crippen LogP contribution in [0.5, 0.6) is 0 Å². The molecule has 7 heteroatoms. The summed E-state index contributed by atoms with van der Waals surface area (Å²) < 4.78 is 32.0. The Morgan fingerprint density at radius 1 is 1.35 bits per heavy atom. The molecule has 5 nitrogen and oxygen atoms in total. The van der Waals surface area contributed by atoms with Crippen LogP contribution in [0.3, 0.4) is 0 Å². The predicted octanol–water partition coefficient (Wildman–Crippen LogP) is 2.19. The number of sulfonamides is 1. The number of rotatable bonds is 6. The summed E-state index contributed by atoms with van der Waals surface area (Å²) in [7, 11) is -2.11. The number of thiophene rings is 1. The number of hydrogen-bond donors (Lipinski definition) is 2. The van der Waals surface area contributed by atoms with E-state index in [1.807, 2.05) is 6.07 Å². The molecular weight excluding hydrogens is 298 g/mol. The molecule has 0 atom stereocenters. The number of ether oxygens (including phenoxy) is 1. The zero-order valence-electron chi connectivity index (χ0n) is 10.9. The highest BCUT2D eigenvalue weighted by Gasteiger charge is 2.19. The van der Waals surface area contributed by atoms with Crippen LogP contribution in [0.25, 0.3) is 0 Å². The van der Waals surface area contributed by atoms with Crippen LogP contribution in [0.15, 0.2) is 40.6 Å². The number of anilines is 1. The van der Waals surface area contributed by atoms with Crippen LogP contribution >= 0.6 is 11.3 Å². The maximum Gasteiger partial charge on any atom is 0.263 e. The molecule has 2 N–H and O–H groups in total. The van der Waals surface area contributed by atoms with Crippen molar-refractivity contribution < 1.29 is 18.3 Å². The van der Waals surface area contributed by atoms with Gasteiger partial charge in [-0.15, -0.1) is 11.3 Å². The number of methoxy groups -OCH3 is 1. The van der Waals surface area contributed by atoms with Crippen LogP contribution < -0.4 is 4.72 Å². The number of hydrogen-bond acceptors (Lipinski definition) is 5. The van der Waals surface area contributed by atoms with E-state index >= 15 is 0 Å². The van der Waals surface area contributed by atoms with Gasteiger partial charge in [-0.05, 0) is 29.1 Å². The van der Waals surface area contributed by atoms with Gasteiger partial charge in [0.25, 0.3) is 10.0 Å². The molecule has 1 heterocycles. The summed E-state index contributed by atoms with van der Waals surface area (Å²) in [6.45, 7) is 0.119. The van der Waals surface area contributed by atoms with Crippen LogP contribution in [0.2, 0.25) is 0 Å². The normalized spacial score (nSPS) is 11.5. The van der Waals surface area contributed by atoms with Gasteiger partial charge in [-0.3, -0.25) is 4.72 Å². The van der Waals surface area contributed by atoms with E-state index in [1.165, 1.54) is 17.4 Å². The highest BCUT2D eigenvalue weighted by atomic mass is 32.2. The van der Waals surface area contributed by atoms with Crippen LogP contribution in [0.4, 0.5) is 5.69 Å². The molecule has 0 unspecified atom stereocenters. The third-order valence-corrected chi connectivity index (χ3v) is 5.13. The van der Waals surface area contributed by atoms with E-state index in [-0.39, 0.29) is 11.5 Å². The molecule has 0 radical (unpaired) electrons. The summed E-state index contributed by atoms with van der Waals surface area (Å²) in [5, 5.41) is 10.8. The molecule has 2 aromatic rings. The molecule has 20 heavy (non-hydrogen) atoms. The quantitative estimate of drug-likeness (QED) is 0.857. The third-order valence-electron chi connectivity index (χ3n) is 2.63. The van der Waals surface area contributed by atoms with Crippen molar-refractivity contribution in [1.29, 1.82) is 0 Å². The average molecular weight is 313 g/mol. The van der Waals surface area contributed by atoms with Crippen molar-refractivity contribution in [3.8, 4) is 0 Å². The molecule has 108 valence electrons. The van der Waals surface area contributed by atoms with Gasteiger partial charge in [-0.2, -0.15) is 0 Å². The van der Waals surface area contributed by atoms with E-state index < -0.39 is 10.0 Å². The maximum absolute atomic E-state index is 12.3. The second-order valence-corrected chi connectivity index (χ2v) is 6.76. The Morgan fingerprint density at radius 3 is 2.85 bits per heavy atom. The zero-order chi connectivity index (χ0) is 14.6. The maximum atomic E-state index is 12.3. The van der Waals surface area contributed by atoms with E-state index in [0.29, 0.717) is 17.2 Å². The lowest BCUT2D eigenvalue weighted by Crippen LogP contribution is -2.13. The van der Waals surface area contributed by atoms with Crippen molar-refractivity contribution in [2.45, 2.75) is 18.1 Å². The van der Waals surface area contributed by atoms with Crippen molar-refractivity contribution in [2.75, 3.05) is 11.8 Å². The van der Waals surface area contributed by atoms with Gasteiger partial charge in [-0.25, -0.2) is 8.42 Å². The molecule has 0 saturated carbocycles. The predicted molar refractivity (Wildman–Crippen MR) is 78.2 cm³/mol. The summed E-state index contributed by atoms with van der Waals surface area (Å²) in [5.41, 5.74) is 1.34. The lowest BCUT2D eigenvalue weighted by molar-refractivity contribution is 0.185. The summed E-state index contributed by atoms with van der Waals surface area (Å²) >= 11 is 1.21. The van der Waals surface area contributed by atoms with E-state index in [2.05, 4.69) is 4.72 Å². The smallest absolute Gasteiger partial charge is 0.263 e. The van der Waals surface area contributed by atoms with Crippen LogP contribution in [0.1, 0.15) is 10.4 Å². The van der Waals surface area contributed by atoms with E-state index in [9.17, 15) is 8.42 Å². The molecule has 1 aromatic carbocycles. The van der Waals surface area contributed by atoms with E-state index in [1.54, 1.807) is 30.7 Å². The Kier molecular flexibility index (Phi) is 4.77. The topological polar surface area (TPSA) is 75.6 Å². The molecule has 2 rings (SSSR count). The van der Waals surface area contributed by atoms with Gasteiger partial charge in [0.05, 0.1) is 18.1 Å². The molecule has 0 spiro atoms. The first-order valence-corrected chi connectivity index (χ1v) is 8.21. The molecule has 0 amide bonds. The lowest BCUT2D eigenvalue weighted by Gasteiger charge is -2.09. The minimum atomic E-state index is -3.68. The van der Waals surface area contributed by atoms with Crippen molar-refractivity contribution in [2.24, 2.45) is 0 Å². The largest absolute Gasteiger partial charge is 0.391 e. The summed E-state index contributed by atoms with van der Waals surface area (Å²) in [6, 6.07) is 8.48. The van der Waals surface area contributed by atoms with Crippen LogP contribution in [-0.4, -0.2) is 20.6 Å². The first kappa shape index (κ1) is 15.0. The highest BCUT2D eigenvalue weighted by Crippen LogP contribution is 2.24. The average Bonchev–Trinajstić information content (AvgIpc) is 2.88. The van der Waals surface area contributed by atoms with Crippen molar-refractivity contribution >= 4 is 27.0 Å². The number of nitrogens with one attached hydrogen (secondary N) is 1. The molecule has 1 aromatic heterocycles. The second kappa shape index (κ2) is 6.36. The summed E-state index contributed by atoms with van der Waals surface area (Å²) in [6.07, 6.45) is 0. The molecule has 0 aliphatic rings. The Bertz CT molecular complexity index is 679. The Labute approximate surface area is 121 Å². The van der Waals surface area contributed by atoms with Crippen molar-refractivity contribution in [3.63, 3.8) is 0 Å². The summed E-state index contributed by atoms with van der Waals surface area (Å²) in [5.74, 6) is 0. The molecule has 0 fully saturated rings. The SMILES string of the molecule is COCc1cccc(NS(=O)(=O)c2ccsc2CO)c1. The van der Waals surface area contributed by atoms with Gasteiger partial charge >= 0.3 is 0 Å². The molecule has 0 aliphatic carbocycles. The summed E-state index contributed by atoms with van der Waals surface area (Å²) in [4.78, 5) is 0.535. The Morgan fingerprint density at radius 2 is 2.15 bits per heavy atom. The number of aliphatic hydroxyl groups excluding tert-OH is 1. The zero-order valence-corrected chi connectivity index (χ0v) is 12.5. The second-order valence-electron chi connectivity index (χ2n) is 4.11. The van der Waals surface area contributed by atoms with Crippen LogP contribution in [-0.2, 0) is 28.0 Å². The monoisotopic (exact) mass is 313 g/mol. The molecule has 0 aliphatic heterocycles. The first-order chi connectivity index (χ1) is 9.56. The van der Waals surface area contributed by atoms with Gasteiger partial charge in [0.1, 0.15) is 4.90 Å². The van der Waals surface area contributed by atoms with Gasteiger partial charge in [0, 0.05) is 12.8 Å². The fourth-order valence-corrected chi connectivity index (χ4v) is 4.13. The van der Waals surface area contributed by atoms with Crippen molar-refractivity contribution in [3.05, 3.63) is 46.2 Å². The van der Waals surface area contributed by atoms with E-state index in [4.69, 9.17) is 9.84 Å². The lowest BCUT2D eigenvalue weighted by atomic mass is 10.2. The number of aliphatic hydroxyl groups is 1.